The molecule has 2 N–H and O–H groups in total. The van der Waals surface area contributed by atoms with Crippen LogP contribution in [0, 0.1) is 0 Å². The Labute approximate surface area is 127 Å². The molecule has 0 aromatic heterocycles. The first-order valence-electron chi connectivity index (χ1n) is 7.56. The molecule has 6 heteroatoms. The first-order valence-corrected chi connectivity index (χ1v) is 7.56. The maximum Gasteiger partial charge on any atom is 0.416 e. The fraction of sp³-hybridized carbons (Fsp3) is 0.625. The van der Waals surface area contributed by atoms with Gasteiger partial charge in [0.15, 0.2) is 0 Å². The van der Waals surface area contributed by atoms with E-state index in [-0.39, 0.29) is 17.8 Å². The molecular formula is C16H20F3NO2. The third-order valence-corrected chi connectivity index (χ3v) is 4.77. The Morgan fingerprint density at radius 2 is 1.86 bits per heavy atom. The summed E-state index contributed by atoms with van der Waals surface area (Å²) >= 11 is 0. The van der Waals surface area contributed by atoms with Crippen molar-refractivity contribution >= 4 is 0 Å². The van der Waals surface area contributed by atoms with Gasteiger partial charge in [-0.15, -0.1) is 0 Å². The Bertz CT molecular complexity index is 547. The molecule has 0 saturated carbocycles. The Morgan fingerprint density at radius 1 is 1.23 bits per heavy atom. The molecular weight excluding hydrogens is 295 g/mol. The number of hydrogen-bond donors (Lipinski definition) is 2. The number of halogens is 3. The van der Waals surface area contributed by atoms with Crippen molar-refractivity contribution in [1.82, 2.24) is 5.32 Å². The summed E-state index contributed by atoms with van der Waals surface area (Å²) < 4.78 is 43.6. The largest absolute Gasteiger partial charge is 0.496 e. The van der Waals surface area contributed by atoms with Crippen LogP contribution < -0.4 is 10.1 Å². The third-order valence-electron chi connectivity index (χ3n) is 4.77. The van der Waals surface area contributed by atoms with Gasteiger partial charge in [-0.1, -0.05) is 12.5 Å². The molecule has 2 atom stereocenters. The van der Waals surface area contributed by atoms with Crippen LogP contribution in [-0.2, 0) is 11.8 Å². The van der Waals surface area contributed by atoms with Gasteiger partial charge in [-0.05, 0) is 37.8 Å². The molecule has 1 aromatic carbocycles. The maximum absolute atomic E-state index is 12.8. The number of fused-ring (bicyclic) bond motifs is 2. The highest BCUT2D eigenvalue weighted by atomic mass is 19.4. The molecule has 22 heavy (non-hydrogen) atoms. The Kier molecular flexibility index (Phi) is 3.85. The number of piperidine rings is 2. The van der Waals surface area contributed by atoms with Gasteiger partial charge in [0.25, 0.3) is 0 Å². The van der Waals surface area contributed by atoms with E-state index in [0.717, 1.165) is 31.4 Å². The quantitative estimate of drug-likeness (QED) is 0.880. The van der Waals surface area contributed by atoms with Crippen LogP contribution in [0.5, 0.6) is 5.75 Å². The molecule has 0 aliphatic carbocycles. The normalized spacial score (nSPS) is 31.9. The van der Waals surface area contributed by atoms with Crippen LogP contribution in [0.2, 0.25) is 0 Å². The molecule has 0 radical (unpaired) electrons. The van der Waals surface area contributed by atoms with Gasteiger partial charge in [-0.3, -0.25) is 0 Å². The van der Waals surface area contributed by atoms with Gasteiger partial charge in [0.2, 0.25) is 0 Å². The number of benzene rings is 1. The van der Waals surface area contributed by atoms with Gasteiger partial charge in [0.1, 0.15) is 5.75 Å². The van der Waals surface area contributed by atoms with Gasteiger partial charge in [-0.25, -0.2) is 0 Å². The number of ether oxygens (including phenoxy) is 1. The zero-order valence-electron chi connectivity index (χ0n) is 12.4. The number of aliphatic hydroxyl groups is 1. The summed E-state index contributed by atoms with van der Waals surface area (Å²) in [6, 6.07) is 3.79. The van der Waals surface area contributed by atoms with Crippen molar-refractivity contribution < 1.29 is 23.0 Å². The smallest absolute Gasteiger partial charge is 0.416 e. The zero-order valence-corrected chi connectivity index (χ0v) is 12.4. The van der Waals surface area contributed by atoms with E-state index >= 15 is 0 Å². The second kappa shape index (κ2) is 5.42. The minimum absolute atomic E-state index is 0.109. The predicted molar refractivity (Wildman–Crippen MR) is 75.7 cm³/mol. The van der Waals surface area contributed by atoms with Gasteiger partial charge in [0.05, 0.1) is 18.3 Å². The Morgan fingerprint density at radius 3 is 2.41 bits per heavy atom. The van der Waals surface area contributed by atoms with Crippen molar-refractivity contribution in [1.29, 1.82) is 0 Å². The van der Waals surface area contributed by atoms with Crippen LogP contribution in [0.4, 0.5) is 13.2 Å². The minimum Gasteiger partial charge on any atom is -0.496 e. The average molecular weight is 315 g/mol. The molecule has 2 fully saturated rings. The standard InChI is InChI=1S/C16H20F3NO2/c1-22-14-7-10(16(17,18)19)5-6-13(14)15(21)8-11-3-2-4-12(9-15)20-11/h5-7,11-12,20-21H,2-4,8-9H2,1H3. The summed E-state index contributed by atoms with van der Waals surface area (Å²) in [5.41, 5.74) is -1.43. The molecule has 2 unspecified atom stereocenters. The van der Waals surface area contributed by atoms with E-state index in [0.29, 0.717) is 18.4 Å². The van der Waals surface area contributed by atoms with Crippen molar-refractivity contribution in [3.8, 4) is 5.75 Å². The molecule has 2 bridgehead atoms. The molecule has 122 valence electrons. The van der Waals surface area contributed by atoms with E-state index in [1.165, 1.54) is 13.2 Å². The SMILES string of the molecule is COc1cc(C(F)(F)F)ccc1C1(O)CC2CCCC(C1)N2. The molecule has 3 nitrogen and oxygen atoms in total. The third kappa shape index (κ3) is 2.82. The first kappa shape index (κ1) is 15.6. The van der Waals surface area contributed by atoms with Gasteiger partial charge >= 0.3 is 6.18 Å². The molecule has 1 aromatic rings. The second-order valence-electron chi connectivity index (χ2n) is 6.34. The summed E-state index contributed by atoms with van der Waals surface area (Å²) in [5.74, 6) is 0.109. The van der Waals surface area contributed by atoms with E-state index in [4.69, 9.17) is 4.74 Å². The minimum atomic E-state index is -4.42. The second-order valence-corrected chi connectivity index (χ2v) is 6.34. The average Bonchev–Trinajstić information content (AvgIpc) is 2.45. The Hall–Kier alpha value is -1.27. The zero-order chi connectivity index (χ0) is 16.0. The lowest BCUT2D eigenvalue weighted by atomic mass is 9.73. The van der Waals surface area contributed by atoms with Crippen LogP contribution in [0.1, 0.15) is 43.2 Å². The number of nitrogens with one attached hydrogen (secondary N) is 1. The fourth-order valence-corrected chi connectivity index (χ4v) is 3.80. The lowest BCUT2D eigenvalue weighted by Crippen LogP contribution is -2.54. The number of methoxy groups -OCH3 is 1. The number of alkyl halides is 3. The Balaban J connectivity index is 1.96. The van der Waals surface area contributed by atoms with E-state index in [2.05, 4.69) is 5.32 Å². The monoisotopic (exact) mass is 315 g/mol. The van der Waals surface area contributed by atoms with E-state index in [9.17, 15) is 18.3 Å². The van der Waals surface area contributed by atoms with E-state index in [1.807, 2.05) is 0 Å². The van der Waals surface area contributed by atoms with E-state index in [1.54, 1.807) is 0 Å². The fourth-order valence-electron chi connectivity index (χ4n) is 3.80. The molecule has 2 saturated heterocycles. The first-order chi connectivity index (χ1) is 10.3. The summed E-state index contributed by atoms with van der Waals surface area (Å²) in [6.07, 6.45) is -0.304. The van der Waals surface area contributed by atoms with Gasteiger partial charge < -0.3 is 15.2 Å². The van der Waals surface area contributed by atoms with Crippen LogP contribution in [0.3, 0.4) is 0 Å². The highest BCUT2D eigenvalue weighted by Crippen LogP contribution is 2.44. The highest BCUT2D eigenvalue weighted by Gasteiger charge is 2.43. The van der Waals surface area contributed by atoms with Crippen molar-refractivity contribution in [2.45, 2.75) is 56.0 Å². The van der Waals surface area contributed by atoms with Crippen LogP contribution in [0.15, 0.2) is 18.2 Å². The van der Waals surface area contributed by atoms with Gasteiger partial charge in [-0.2, -0.15) is 13.2 Å². The molecule has 0 amide bonds. The summed E-state index contributed by atoms with van der Waals surface area (Å²) in [7, 11) is 1.34. The van der Waals surface area contributed by atoms with Crippen molar-refractivity contribution in [2.24, 2.45) is 0 Å². The topological polar surface area (TPSA) is 41.5 Å². The highest BCUT2D eigenvalue weighted by molar-refractivity contribution is 5.43. The molecule has 2 aliphatic heterocycles. The van der Waals surface area contributed by atoms with E-state index < -0.39 is 17.3 Å². The molecule has 3 rings (SSSR count). The predicted octanol–water partition coefficient (Wildman–Crippen LogP) is 3.21. The number of rotatable bonds is 2. The van der Waals surface area contributed by atoms with Crippen LogP contribution in [-0.4, -0.2) is 24.3 Å². The lowest BCUT2D eigenvalue weighted by Gasteiger charge is -2.45. The number of hydrogen-bond acceptors (Lipinski definition) is 3. The van der Waals surface area contributed by atoms with Crippen LogP contribution >= 0.6 is 0 Å². The van der Waals surface area contributed by atoms with Crippen molar-refractivity contribution in [2.75, 3.05) is 7.11 Å². The summed E-state index contributed by atoms with van der Waals surface area (Å²) in [5, 5.41) is 14.5. The molecule has 2 heterocycles. The maximum atomic E-state index is 12.8. The van der Waals surface area contributed by atoms with Crippen LogP contribution in [0.25, 0.3) is 0 Å². The van der Waals surface area contributed by atoms with Gasteiger partial charge in [0, 0.05) is 17.6 Å². The summed E-state index contributed by atoms with van der Waals surface area (Å²) in [6.45, 7) is 0. The molecule has 0 spiro atoms. The summed E-state index contributed by atoms with van der Waals surface area (Å²) in [4.78, 5) is 0. The molecule has 2 aliphatic rings. The van der Waals surface area contributed by atoms with Crippen molar-refractivity contribution in [3.63, 3.8) is 0 Å². The van der Waals surface area contributed by atoms with Crippen molar-refractivity contribution in [3.05, 3.63) is 29.3 Å². The lowest BCUT2D eigenvalue weighted by molar-refractivity contribution is -0.137.